The molecule has 0 spiro atoms. The molecule has 0 aromatic heterocycles. The van der Waals surface area contributed by atoms with Gasteiger partial charge < -0.3 is 41.1 Å². The van der Waals surface area contributed by atoms with Gasteiger partial charge in [-0.3, -0.25) is 24.0 Å². The highest BCUT2D eigenvalue weighted by Gasteiger charge is 2.48. The molecule has 3 aliphatic heterocycles. The van der Waals surface area contributed by atoms with Gasteiger partial charge in [0.2, 0.25) is 23.5 Å². The number of nitrogens with zero attached hydrogens (tertiary/aromatic N) is 3. The van der Waals surface area contributed by atoms with Crippen LogP contribution >= 0.6 is 0 Å². The normalized spacial score (nSPS) is 22.5. The molecule has 1 unspecified atom stereocenters. The van der Waals surface area contributed by atoms with E-state index in [1.807, 2.05) is 45.0 Å². The summed E-state index contributed by atoms with van der Waals surface area (Å²) in [6.07, 6.45) is 3.33. The van der Waals surface area contributed by atoms with Crippen molar-refractivity contribution in [3.63, 3.8) is 0 Å². The lowest BCUT2D eigenvalue weighted by atomic mass is 9.80. The molecule has 1 aromatic rings. The van der Waals surface area contributed by atoms with E-state index < -0.39 is 76.7 Å². The number of nitrogens with two attached hydrogens (primary N) is 1. The molecule has 1 aliphatic carbocycles. The van der Waals surface area contributed by atoms with Crippen molar-refractivity contribution in [1.29, 1.82) is 0 Å². The maximum atomic E-state index is 14.7. The summed E-state index contributed by atoms with van der Waals surface area (Å²) in [6, 6.07) is 3.29. The summed E-state index contributed by atoms with van der Waals surface area (Å²) in [6.45, 7) is 17.0. The molecule has 15 heteroatoms. The van der Waals surface area contributed by atoms with Crippen molar-refractivity contribution in [2.24, 2.45) is 27.9 Å². The molecule has 7 amide bonds. The van der Waals surface area contributed by atoms with Crippen LogP contribution in [-0.2, 0) is 41.7 Å². The number of hydrogen-bond donors (Lipinski definition) is 4. The van der Waals surface area contributed by atoms with Gasteiger partial charge >= 0.3 is 12.1 Å². The summed E-state index contributed by atoms with van der Waals surface area (Å²) in [5.74, 6) is -3.17. The lowest BCUT2D eigenvalue weighted by Gasteiger charge is -2.41. The smallest absolute Gasteiger partial charge is 0.410 e. The standard InChI is InChI=1S/C43H65N7O8/c1-41(2,3)32(25-48-19-17-43(7,8)22-33(48)51)46-39(56)47-35(42(4,5)6)38(55)50-24-29(58-40(57)49-18-16-27-14-9-10-15-28(27)23-49)21-31(50)37(54)45-30(34(52)36(44)53)20-26-12-11-13-26/h9-10,14-15,26,29-32,35H,11-13,16-25H2,1-8H3,(H2,44,53)(H,45,54)(H2,46,47,56)/t29-,30?,31+,32-,35-/m1/s1. The molecule has 15 nitrogen and oxygen atoms in total. The van der Waals surface area contributed by atoms with Crippen LogP contribution < -0.4 is 21.7 Å². The Morgan fingerprint density at radius 3 is 2.19 bits per heavy atom. The number of carbonyl (C=O) groups is 7. The summed E-state index contributed by atoms with van der Waals surface area (Å²) >= 11 is 0. The fraction of sp³-hybridized carbons (Fsp3) is 0.698. The number of nitrogens with one attached hydrogen (secondary N) is 3. The number of urea groups is 1. The van der Waals surface area contributed by atoms with Crippen molar-refractivity contribution < 1.29 is 38.3 Å². The van der Waals surface area contributed by atoms with E-state index in [-0.39, 0.29) is 36.6 Å². The second-order valence-electron chi connectivity index (χ2n) is 19.8. The Bertz CT molecular complexity index is 1750. The SMILES string of the molecule is CC1(C)CCN(C[C@@H](NC(=O)N[C@H](C(=O)N2C[C@H](OC(=O)N3CCc4ccccc4C3)C[C@H]2C(=O)NC(CC2CCC2)C(=O)C(N)=O)C(C)(C)C)C(C)(C)C)C(=O)C1. The molecule has 3 heterocycles. The van der Waals surface area contributed by atoms with Crippen molar-refractivity contribution in [1.82, 2.24) is 30.7 Å². The number of ketones is 1. The quantitative estimate of drug-likeness (QED) is 0.229. The van der Waals surface area contributed by atoms with Crippen LogP contribution in [-0.4, -0.2) is 113 Å². The van der Waals surface area contributed by atoms with E-state index in [1.54, 1.807) is 30.6 Å². The van der Waals surface area contributed by atoms with Crippen LogP contribution in [0.1, 0.15) is 111 Å². The molecule has 5 rings (SSSR count). The summed E-state index contributed by atoms with van der Waals surface area (Å²) in [5.41, 5.74) is 6.16. The molecule has 0 bridgehead atoms. The van der Waals surface area contributed by atoms with Crippen molar-refractivity contribution in [2.75, 3.05) is 26.2 Å². The molecule has 2 saturated heterocycles. The number of rotatable bonds is 12. The van der Waals surface area contributed by atoms with Crippen molar-refractivity contribution in [3.05, 3.63) is 35.4 Å². The number of hydrogen-bond acceptors (Lipinski definition) is 8. The molecule has 320 valence electrons. The molecule has 5 atom stereocenters. The summed E-state index contributed by atoms with van der Waals surface area (Å²) < 4.78 is 5.98. The van der Waals surface area contributed by atoms with Gasteiger partial charge in [-0.25, -0.2) is 9.59 Å². The zero-order valence-corrected chi connectivity index (χ0v) is 35.7. The van der Waals surface area contributed by atoms with Gasteiger partial charge in [0, 0.05) is 39.0 Å². The molecule has 0 radical (unpaired) electrons. The van der Waals surface area contributed by atoms with Crippen LogP contribution in [0.4, 0.5) is 9.59 Å². The predicted octanol–water partition coefficient (Wildman–Crippen LogP) is 3.66. The first-order valence-corrected chi connectivity index (χ1v) is 20.8. The Labute approximate surface area is 342 Å². The van der Waals surface area contributed by atoms with Gasteiger partial charge in [0.25, 0.3) is 5.91 Å². The number of amides is 7. The third-order valence-corrected chi connectivity index (χ3v) is 12.4. The van der Waals surface area contributed by atoms with Crippen LogP contribution in [0.3, 0.4) is 0 Å². The van der Waals surface area contributed by atoms with Crippen LogP contribution in [0.15, 0.2) is 24.3 Å². The lowest BCUT2D eigenvalue weighted by molar-refractivity contribution is -0.143. The van der Waals surface area contributed by atoms with Crippen LogP contribution in [0.2, 0.25) is 0 Å². The van der Waals surface area contributed by atoms with Crippen LogP contribution in [0.25, 0.3) is 0 Å². The number of likely N-dealkylation sites (tertiary alicyclic amines) is 2. The number of ether oxygens (including phenoxy) is 1. The largest absolute Gasteiger partial charge is 0.444 e. The predicted molar refractivity (Wildman–Crippen MR) is 217 cm³/mol. The number of Topliss-reactive ketones (excluding diaryl/α,β-unsaturated/α-hetero) is 1. The third kappa shape index (κ3) is 11.1. The van der Waals surface area contributed by atoms with E-state index in [4.69, 9.17) is 10.5 Å². The monoisotopic (exact) mass is 807 g/mol. The molecular weight excluding hydrogens is 743 g/mol. The van der Waals surface area contributed by atoms with E-state index in [9.17, 15) is 33.6 Å². The van der Waals surface area contributed by atoms with Crippen molar-refractivity contribution in [3.8, 4) is 0 Å². The van der Waals surface area contributed by atoms with Gasteiger partial charge in [0.05, 0.1) is 18.6 Å². The van der Waals surface area contributed by atoms with Crippen molar-refractivity contribution >= 4 is 41.5 Å². The second-order valence-corrected chi connectivity index (χ2v) is 19.8. The summed E-state index contributed by atoms with van der Waals surface area (Å²) in [4.78, 5) is 99.0. The molecular formula is C43H65N7O8. The van der Waals surface area contributed by atoms with Crippen molar-refractivity contribution in [2.45, 2.75) is 144 Å². The fourth-order valence-electron chi connectivity index (χ4n) is 8.24. The molecule has 58 heavy (non-hydrogen) atoms. The Hall–Kier alpha value is -4.69. The van der Waals surface area contributed by atoms with Gasteiger partial charge in [0.1, 0.15) is 18.2 Å². The number of fused-ring (bicyclic) bond motifs is 1. The maximum Gasteiger partial charge on any atom is 0.410 e. The molecule has 1 aromatic carbocycles. The van der Waals surface area contributed by atoms with Gasteiger partial charge in [-0.05, 0) is 52.6 Å². The highest BCUT2D eigenvalue weighted by molar-refractivity contribution is 6.37. The minimum absolute atomic E-state index is 0.0293. The van der Waals surface area contributed by atoms with Crippen LogP contribution in [0, 0.1) is 22.2 Å². The van der Waals surface area contributed by atoms with E-state index in [2.05, 4.69) is 29.8 Å². The molecule has 1 saturated carbocycles. The number of piperidine rings is 1. The Morgan fingerprint density at radius 1 is 0.931 bits per heavy atom. The molecule has 3 fully saturated rings. The number of benzene rings is 1. The average molecular weight is 808 g/mol. The van der Waals surface area contributed by atoms with Gasteiger partial charge in [-0.2, -0.15) is 0 Å². The Kier molecular flexibility index (Phi) is 13.5. The minimum Gasteiger partial charge on any atom is -0.444 e. The number of carbonyl (C=O) groups excluding carboxylic acids is 7. The third-order valence-electron chi connectivity index (χ3n) is 12.4. The Morgan fingerprint density at radius 2 is 1.60 bits per heavy atom. The topological polar surface area (TPSA) is 201 Å². The van der Waals surface area contributed by atoms with E-state index in [0.29, 0.717) is 39.0 Å². The average Bonchev–Trinajstić information content (AvgIpc) is 3.54. The Balaban J connectivity index is 1.35. The fourth-order valence-corrected chi connectivity index (χ4v) is 8.24. The first-order valence-electron chi connectivity index (χ1n) is 20.8. The summed E-state index contributed by atoms with van der Waals surface area (Å²) in [5, 5.41) is 8.63. The zero-order valence-electron chi connectivity index (χ0n) is 35.7. The van der Waals surface area contributed by atoms with Gasteiger partial charge in [0.15, 0.2) is 0 Å². The van der Waals surface area contributed by atoms with E-state index in [1.165, 1.54) is 4.90 Å². The minimum atomic E-state index is -1.19. The zero-order chi connectivity index (χ0) is 42.7. The van der Waals surface area contributed by atoms with Crippen LogP contribution in [0.5, 0.6) is 0 Å². The van der Waals surface area contributed by atoms with E-state index >= 15 is 0 Å². The maximum absolute atomic E-state index is 14.7. The number of primary amides is 1. The molecule has 5 N–H and O–H groups in total. The molecule has 4 aliphatic rings. The van der Waals surface area contributed by atoms with Gasteiger partial charge in [-0.1, -0.05) is 98.9 Å². The lowest BCUT2D eigenvalue weighted by Crippen LogP contribution is -2.62. The van der Waals surface area contributed by atoms with Gasteiger partial charge in [-0.15, -0.1) is 0 Å². The highest BCUT2D eigenvalue weighted by atomic mass is 16.6. The first-order chi connectivity index (χ1) is 27.0. The van der Waals surface area contributed by atoms with E-state index in [0.717, 1.165) is 36.8 Å². The highest BCUT2D eigenvalue weighted by Crippen LogP contribution is 2.34. The first kappa shape index (κ1) is 44.4. The summed E-state index contributed by atoms with van der Waals surface area (Å²) in [7, 11) is 0. The second kappa shape index (κ2) is 17.7.